The van der Waals surface area contributed by atoms with Crippen molar-refractivity contribution in [1.82, 2.24) is 0 Å². The van der Waals surface area contributed by atoms with Crippen LogP contribution in [0.3, 0.4) is 0 Å². The van der Waals surface area contributed by atoms with Gasteiger partial charge in [-0.05, 0) is 24.3 Å². The third-order valence-corrected chi connectivity index (χ3v) is 3.02. The summed E-state index contributed by atoms with van der Waals surface area (Å²) in [7, 11) is 0. The van der Waals surface area contributed by atoms with Gasteiger partial charge in [-0.15, -0.1) is 0 Å². The molecule has 0 N–H and O–H groups in total. The highest BCUT2D eigenvalue weighted by molar-refractivity contribution is 7.99. The molecule has 2 rings (SSSR count). The lowest BCUT2D eigenvalue weighted by molar-refractivity contribution is 0.403. The highest BCUT2D eigenvalue weighted by Crippen LogP contribution is 2.20. The molecule has 0 amide bonds. The normalized spacial score (nSPS) is 33.8. The summed E-state index contributed by atoms with van der Waals surface area (Å²) >= 11 is 2.03. The Balaban J connectivity index is 1.35. The third-order valence-electron chi connectivity index (χ3n) is 1.97. The maximum atomic E-state index is 5.11. The SMILES string of the molecule is C(CC1CO1)SCCC1CO1. The Morgan fingerprint density at radius 2 is 1.45 bits per heavy atom. The molecule has 64 valence electrons. The Labute approximate surface area is 71.6 Å². The van der Waals surface area contributed by atoms with Gasteiger partial charge in [0.2, 0.25) is 0 Å². The Hall–Kier alpha value is 0.270. The lowest BCUT2D eigenvalue weighted by atomic mass is 10.4. The van der Waals surface area contributed by atoms with Crippen LogP contribution >= 0.6 is 11.8 Å². The van der Waals surface area contributed by atoms with Crippen LogP contribution in [0.4, 0.5) is 0 Å². The van der Waals surface area contributed by atoms with Gasteiger partial charge in [-0.3, -0.25) is 0 Å². The van der Waals surface area contributed by atoms with E-state index in [1.807, 2.05) is 11.8 Å². The molecule has 0 bridgehead atoms. The van der Waals surface area contributed by atoms with E-state index in [9.17, 15) is 0 Å². The molecule has 0 aromatic heterocycles. The van der Waals surface area contributed by atoms with Gasteiger partial charge in [0.25, 0.3) is 0 Å². The van der Waals surface area contributed by atoms with Crippen molar-refractivity contribution in [2.45, 2.75) is 25.0 Å². The average molecular weight is 174 g/mol. The van der Waals surface area contributed by atoms with E-state index in [1.54, 1.807) is 0 Å². The molecule has 0 spiro atoms. The summed E-state index contributed by atoms with van der Waals surface area (Å²) in [5.41, 5.74) is 0. The standard InChI is InChI=1S/C8H14O2S/c1(7-5-9-7)3-11-4-2-8-6-10-8/h7-8H,1-6H2. The monoisotopic (exact) mass is 174 g/mol. The highest BCUT2D eigenvalue weighted by atomic mass is 32.2. The van der Waals surface area contributed by atoms with E-state index < -0.39 is 0 Å². The topological polar surface area (TPSA) is 25.1 Å². The fourth-order valence-corrected chi connectivity index (χ4v) is 2.06. The molecule has 2 saturated heterocycles. The van der Waals surface area contributed by atoms with Crippen molar-refractivity contribution in [3.8, 4) is 0 Å². The largest absolute Gasteiger partial charge is 0.373 e. The van der Waals surface area contributed by atoms with Crippen LogP contribution in [0.2, 0.25) is 0 Å². The van der Waals surface area contributed by atoms with Crippen molar-refractivity contribution in [3.05, 3.63) is 0 Å². The highest BCUT2D eigenvalue weighted by Gasteiger charge is 2.23. The second-order valence-corrected chi connectivity index (χ2v) is 4.33. The molecular weight excluding hydrogens is 160 g/mol. The summed E-state index contributed by atoms with van der Waals surface area (Å²) in [5, 5.41) is 0. The third kappa shape index (κ3) is 3.45. The molecule has 11 heavy (non-hydrogen) atoms. The van der Waals surface area contributed by atoms with Crippen molar-refractivity contribution in [3.63, 3.8) is 0 Å². The first-order chi connectivity index (χ1) is 5.45. The molecule has 2 aliphatic rings. The number of hydrogen-bond acceptors (Lipinski definition) is 3. The van der Waals surface area contributed by atoms with E-state index >= 15 is 0 Å². The van der Waals surface area contributed by atoms with Crippen LogP contribution < -0.4 is 0 Å². The minimum Gasteiger partial charge on any atom is -0.373 e. The average Bonchev–Trinajstić information content (AvgIpc) is 2.83. The summed E-state index contributed by atoms with van der Waals surface area (Å²) in [6.45, 7) is 2.01. The minimum atomic E-state index is 0.611. The summed E-state index contributed by atoms with van der Waals surface area (Å²) in [6.07, 6.45) is 3.71. The maximum Gasteiger partial charge on any atom is 0.0817 e. The van der Waals surface area contributed by atoms with E-state index in [-0.39, 0.29) is 0 Å². The van der Waals surface area contributed by atoms with Crippen LogP contribution in [-0.2, 0) is 9.47 Å². The van der Waals surface area contributed by atoms with Crippen LogP contribution in [0.1, 0.15) is 12.8 Å². The minimum absolute atomic E-state index is 0.611. The molecule has 0 saturated carbocycles. The number of thioether (sulfide) groups is 1. The molecule has 3 heteroatoms. The summed E-state index contributed by atoms with van der Waals surface area (Å²) in [4.78, 5) is 0. The quantitative estimate of drug-likeness (QED) is 0.448. The molecule has 2 fully saturated rings. The lowest BCUT2D eigenvalue weighted by Crippen LogP contribution is -1.92. The molecule has 2 aliphatic heterocycles. The van der Waals surface area contributed by atoms with Crippen LogP contribution in [-0.4, -0.2) is 36.9 Å². The Morgan fingerprint density at radius 1 is 1.00 bits per heavy atom. The second-order valence-electron chi connectivity index (χ2n) is 3.10. The molecule has 0 radical (unpaired) electrons. The van der Waals surface area contributed by atoms with Crippen LogP contribution in [0.15, 0.2) is 0 Å². The van der Waals surface area contributed by atoms with Crippen LogP contribution in [0.5, 0.6) is 0 Å². The molecule has 2 nitrogen and oxygen atoms in total. The predicted octanol–water partition coefficient (Wildman–Crippen LogP) is 1.30. The van der Waals surface area contributed by atoms with Crippen molar-refractivity contribution in [2.75, 3.05) is 24.7 Å². The van der Waals surface area contributed by atoms with Gasteiger partial charge in [0.1, 0.15) is 0 Å². The summed E-state index contributed by atoms with van der Waals surface area (Å²) in [6, 6.07) is 0. The fourth-order valence-electron chi connectivity index (χ4n) is 1.00. The van der Waals surface area contributed by atoms with Crippen LogP contribution in [0, 0.1) is 0 Å². The fraction of sp³-hybridized carbons (Fsp3) is 1.00. The van der Waals surface area contributed by atoms with Gasteiger partial charge in [0, 0.05) is 0 Å². The predicted molar refractivity (Wildman–Crippen MR) is 46.0 cm³/mol. The van der Waals surface area contributed by atoms with E-state index in [0.29, 0.717) is 12.2 Å². The zero-order chi connectivity index (χ0) is 7.52. The Bertz CT molecular complexity index is 107. The first kappa shape index (κ1) is 7.90. The van der Waals surface area contributed by atoms with Gasteiger partial charge in [0.05, 0.1) is 25.4 Å². The number of hydrogen-bond donors (Lipinski definition) is 0. The van der Waals surface area contributed by atoms with Crippen molar-refractivity contribution >= 4 is 11.8 Å². The number of rotatable bonds is 6. The first-order valence-corrected chi connectivity index (χ1v) is 5.41. The van der Waals surface area contributed by atoms with Gasteiger partial charge >= 0.3 is 0 Å². The molecule has 0 aromatic rings. The van der Waals surface area contributed by atoms with Gasteiger partial charge in [0.15, 0.2) is 0 Å². The summed E-state index contributed by atoms with van der Waals surface area (Å²) in [5.74, 6) is 2.52. The molecule has 2 unspecified atom stereocenters. The van der Waals surface area contributed by atoms with E-state index in [2.05, 4.69) is 0 Å². The van der Waals surface area contributed by atoms with Gasteiger partial charge in [-0.25, -0.2) is 0 Å². The number of epoxide rings is 2. The zero-order valence-electron chi connectivity index (χ0n) is 6.62. The molecule has 0 aromatic carbocycles. The molecule has 2 heterocycles. The summed E-state index contributed by atoms with van der Waals surface area (Å²) < 4.78 is 10.2. The van der Waals surface area contributed by atoms with Gasteiger partial charge in [-0.2, -0.15) is 11.8 Å². The molecular formula is C8H14O2S. The second kappa shape index (κ2) is 3.78. The Morgan fingerprint density at radius 3 is 1.82 bits per heavy atom. The first-order valence-electron chi connectivity index (χ1n) is 4.26. The Kier molecular flexibility index (Phi) is 2.72. The van der Waals surface area contributed by atoms with Crippen LogP contribution in [0.25, 0.3) is 0 Å². The van der Waals surface area contributed by atoms with Crippen molar-refractivity contribution < 1.29 is 9.47 Å². The van der Waals surface area contributed by atoms with Gasteiger partial charge in [-0.1, -0.05) is 0 Å². The van der Waals surface area contributed by atoms with Gasteiger partial charge < -0.3 is 9.47 Å². The zero-order valence-corrected chi connectivity index (χ0v) is 7.44. The molecule has 0 aliphatic carbocycles. The smallest absolute Gasteiger partial charge is 0.0817 e. The maximum absolute atomic E-state index is 5.11. The van der Waals surface area contributed by atoms with E-state index in [1.165, 1.54) is 24.3 Å². The van der Waals surface area contributed by atoms with Crippen molar-refractivity contribution in [2.24, 2.45) is 0 Å². The number of ether oxygens (including phenoxy) is 2. The molecule has 2 atom stereocenters. The van der Waals surface area contributed by atoms with Crippen molar-refractivity contribution in [1.29, 1.82) is 0 Å². The lowest BCUT2D eigenvalue weighted by Gasteiger charge is -1.96. The van der Waals surface area contributed by atoms with E-state index in [4.69, 9.17) is 9.47 Å². The van der Waals surface area contributed by atoms with E-state index in [0.717, 1.165) is 13.2 Å².